The molecule has 0 bridgehead atoms. The molecule has 1 unspecified atom stereocenters. The van der Waals surface area contributed by atoms with Gasteiger partial charge >= 0.3 is 0 Å². The fraction of sp³-hybridized carbons (Fsp3) is 0.833. The van der Waals surface area contributed by atoms with Crippen molar-refractivity contribution < 1.29 is 4.52 Å². The van der Waals surface area contributed by atoms with E-state index in [1.165, 1.54) is 25.7 Å². The van der Waals surface area contributed by atoms with Crippen LogP contribution in [0.2, 0.25) is 0 Å². The summed E-state index contributed by atoms with van der Waals surface area (Å²) in [4.78, 5) is 4.52. The van der Waals surface area contributed by atoms with E-state index in [9.17, 15) is 0 Å². The molecule has 0 saturated heterocycles. The summed E-state index contributed by atoms with van der Waals surface area (Å²) in [6, 6.07) is 0.0894. The molecule has 16 heavy (non-hydrogen) atoms. The van der Waals surface area contributed by atoms with E-state index < -0.39 is 0 Å². The first kappa shape index (κ1) is 11.6. The summed E-state index contributed by atoms with van der Waals surface area (Å²) < 4.78 is 5.43. The van der Waals surface area contributed by atoms with E-state index in [4.69, 9.17) is 10.3 Å². The molecule has 0 aliphatic heterocycles. The van der Waals surface area contributed by atoms with Gasteiger partial charge in [0.2, 0.25) is 5.89 Å². The molecule has 0 radical (unpaired) electrons. The summed E-state index contributed by atoms with van der Waals surface area (Å²) in [5.74, 6) is 1.59. The largest absolute Gasteiger partial charge is 0.339 e. The second-order valence-corrected chi connectivity index (χ2v) is 5.04. The van der Waals surface area contributed by atoms with E-state index in [0.29, 0.717) is 6.42 Å². The first-order valence-corrected chi connectivity index (χ1v) is 6.25. The monoisotopic (exact) mass is 223 g/mol. The third-order valence-electron chi connectivity index (χ3n) is 3.66. The summed E-state index contributed by atoms with van der Waals surface area (Å²) in [6.07, 6.45) is 6.71. The first-order valence-electron chi connectivity index (χ1n) is 6.25. The van der Waals surface area contributed by atoms with Gasteiger partial charge in [-0.1, -0.05) is 24.9 Å². The number of nitrogens with two attached hydrogens (primary N) is 1. The van der Waals surface area contributed by atoms with Crippen LogP contribution in [0.5, 0.6) is 0 Å². The van der Waals surface area contributed by atoms with Crippen LogP contribution in [0.25, 0.3) is 0 Å². The van der Waals surface area contributed by atoms with Gasteiger partial charge in [0, 0.05) is 17.9 Å². The molecule has 0 amide bonds. The minimum absolute atomic E-state index is 0.0894. The average Bonchev–Trinajstić information content (AvgIpc) is 2.85. The maximum atomic E-state index is 5.73. The Morgan fingerprint density at radius 1 is 1.44 bits per heavy atom. The summed E-state index contributed by atoms with van der Waals surface area (Å²) in [7, 11) is 0. The highest BCUT2D eigenvalue weighted by Gasteiger charge is 2.39. The molecule has 1 aromatic rings. The Morgan fingerprint density at radius 3 is 2.69 bits per heavy atom. The highest BCUT2D eigenvalue weighted by atomic mass is 16.5. The number of hydrogen-bond acceptors (Lipinski definition) is 4. The summed E-state index contributed by atoms with van der Waals surface area (Å²) in [6.45, 7) is 4.17. The lowest BCUT2D eigenvalue weighted by Gasteiger charge is -2.21. The minimum Gasteiger partial charge on any atom is -0.339 e. The Morgan fingerprint density at radius 2 is 2.12 bits per heavy atom. The van der Waals surface area contributed by atoms with Crippen molar-refractivity contribution in [3.8, 4) is 0 Å². The maximum Gasteiger partial charge on any atom is 0.232 e. The quantitative estimate of drug-likeness (QED) is 0.849. The molecule has 1 saturated carbocycles. The number of rotatable bonds is 4. The molecule has 2 N–H and O–H groups in total. The molecule has 90 valence electrons. The zero-order valence-corrected chi connectivity index (χ0v) is 10.2. The van der Waals surface area contributed by atoms with Crippen LogP contribution in [-0.2, 0) is 11.8 Å². The van der Waals surface area contributed by atoms with Gasteiger partial charge in [0.05, 0.1) is 0 Å². The fourth-order valence-corrected chi connectivity index (χ4v) is 2.61. The van der Waals surface area contributed by atoms with Crippen LogP contribution >= 0.6 is 0 Å². The van der Waals surface area contributed by atoms with Crippen molar-refractivity contribution >= 4 is 0 Å². The van der Waals surface area contributed by atoms with Crippen LogP contribution in [0.4, 0.5) is 0 Å². The lowest BCUT2D eigenvalue weighted by molar-refractivity contribution is 0.271. The molecular weight excluding hydrogens is 202 g/mol. The molecule has 1 heterocycles. The predicted octanol–water partition coefficient (Wildman–Crippen LogP) is 2.18. The highest BCUT2D eigenvalue weighted by molar-refractivity contribution is 5.08. The van der Waals surface area contributed by atoms with Gasteiger partial charge in [0.1, 0.15) is 0 Å². The first-order chi connectivity index (χ1) is 7.66. The molecule has 1 aliphatic rings. The molecule has 1 atom stereocenters. The van der Waals surface area contributed by atoms with Crippen LogP contribution < -0.4 is 5.73 Å². The Bertz CT molecular complexity index is 340. The molecule has 4 heteroatoms. The van der Waals surface area contributed by atoms with Crippen LogP contribution in [0, 0.1) is 0 Å². The zero-order valence-electron chi connectivity index (χ0n) is 10.2. The number of nitrogens with zero attached hydrogens (tertiary/aromatic N) is 2. The average molecular weight is 223 g/mol. The SMILES string of the molecule is CCC1(c2nc(CC(C)N)no2)CCCC1. The van der Waals surface area contributed by atoms with Crippen molar-refractivity contribution in [3.05, 3.63) is 11.7 Å². The van der Waals surface area contributed by atoms with Gasteiger partial charge in [-0.2, -0.15) is 4.98 Å². The van der Waals surface area contributed by atoms with Crippen molar-refractivity contribution in [1.82, 2.24) is 10.1 Å². The second kappa shape index (κ2) is 4.53. The van der Waals surface area contributed by atoms with Crippen molar-refractivity contribution in [3.63, 3.8) is 0 Å². The Labute approximate surface area is 96.6 Å². The minimum atomic E-state index is 0.0894. The van der Waals surface area contributed by atoms with Crippen molar-refractivity contribution in [2.45, 2.75) is 63.8 Å². The number of aromatic nitrogens is 2. The summed E-state index contributed by atoms with van der Waals surface area (Å²) >= 11 is 0. The van der Waals surface area contributed by atoms with Gasteiger partial charge < -0.3 is 10.3 Å². The molecule has 0 aromatic carbocycles. The molecule has 0 spiro atoms. The molecule has 1 fully saturated rings. The Kier molecular flexibility index (Phi) is 3.28. The van der Waals surface area contributed by atoms with Gasteiger partial charge in [0.25, 0.3) is 0 Å². The lowest BCUT2D eigenvalue weighted by Crippen LogP contribution is -2.22. The molecule has 1 aromatic heterocycles. The van der Waals surface area contributed by atoms with Gasteiger partial charge in [-0.3, -0.25) is 0 Å². The van der Waals surface area contributed by atoms with Crippen LogP contribution in [-0.4, -0.2) is 16.2 Å². The second-order valence-electron chi connectivity index (χ2n) is 5.04. The summed E-state index contributed by atoms with van der Waals surface area (Å²) in [5.41, 5.74) is 5.89. The van der Waals surface area contributed by atoms with E-state index in [-0.39, 0.29) is 11.5 Å². The van der Waals surface area contributed by atoms with E-state index in [2.05, 4.69) is 17.1 Å². The third kappa shape index (κ3) is 2.12. The third-order valence-corrected chi connectivity index (χ3v) is 3.66. The predicted molar refractivity (Wildman–Crippen MR) is 62.1 cm³/mol. The maximum absolute atomic E-state index is 5.73. The Hall–Kier alpha value is -0.900. The zero-order chi connectivity index (χ0) is 11.6. The van der Waals surface area contributed by atoms with Gasteiger partial charge in [-0.05, 0) is 26.2 Å². The fourth-order valence-electron chi connectivity index (χ4n) is 2.61. The molecule has 1 aliphatic carbocycles. The van der Waals surface area contributed by atoms with E-state index in [1.54, 1.807) is 0 Å². The van der Waals surface area contributed by atoms with Gasteiger partial charge in [-0.25, -0.2) is 0 Å². The van der Waals surface area contributed by atoms with Crippen LogP contribution in [0.1, 0.15) is 57.7 Å². The van der Waals surface area contributed by atoms with Crippen molar-refractivity contribution in [1.29, 1.82) is 0 Å². The topological polar surface area (TPSA) is 64.9 Å². The van der Waals surface area contributed by atoms with E-state index in [0.717, 1.165) is 18.1 Å². The molecular formula is C12H21N3O. The number of hydrogen-bond donors (Lipinski definition) is 1. The standard InChI is InChI=1S/C12H21N3O/c1-3-12(6-4-5-7-12)11-14-10(15-16-11)8-9(2)13/h9H,3-8,13H2,1-2H3. The normalized spacial score (nSPS) is 21.2. The van der Waals surface area contributed by atoms with Gasteiger partial charge in [-0.15, -0.1) is 0 Å². The van der Waals surface area contributed by atoms with Crippen molar-refractivity contribution in [2.24, 2.45) is 5.73 Å². The lowest BCUT2D eigenvalue weighted by atomic mass is 9.83. The highest BCUT2D eigenvalue weighted by Crippen LogP contribution is 2.42. The van der Waals surface area contributed by atoms with Crippen LogP contribution in [0.15, 0.2) is 4.52 Å². The van der Waals surface area contributed by atoms with Crippen molar-refractivity contribution in [2.75, 3.05) is 0 Å². The molecule has 4 nitrogen and oxygen atoms in total. The van der Waals surface area contributed by atoms with E-state index >= 15 is 0 Å². The Balaban J connectivity index is 2.16. The molecule has 2 rings (SSSR count). The van der Waals surface area contributed by atoms with E-state index in [1.807, 2.05) is 6.92 Å². The summed E-state index contributed by atoms with van der Waals surface area (Å²) in [5, 5.41) is 4.03. The van der Waals surface area contributed by atoms with Gasteiger partial charge in [0.15, 0.2) is 5.82 Å². The smallest absolute Gasteiger partial charge is 0.232 e. The van der Waals surface area contributed by atoms with Crippen LogP contribution in [0.3, 0.4) is 0 Å².